The molecule has 140 valence electrons. The molecule has 0 saturated heterocycles. The average Bonchev–Trinajstić information content (AvgIpc) is 3.16. The number of carbonyl (C=O) groups is 1. The lowest BCUT2D eigenvalue weighted by Gasteiger charge is -2.14. The lowest BCUT2D eigenvalue weighted by atomic mass is 10.2. The van der Waals surface area contributed by atoms with Crippen LogP contribution in [0.25, 0.3) is 0 Å². The van der Waals surface area contributed by atoms with Gasteiger partial charge in [-0.1, -0.05) is 0 Å². The highest BCUT2D eigenvalue weighted by atomic mass is 32.1. The Bertz CT molecular complexity index is 907. The first-order chi connectivity index (χ1) is 13.1. The maximum atomic E-state index is 12.5. The number of nitrogens with one attached hydrogen (secondary N) is 2. The van der Waals surface area contributed by atoms with Gasteiger partial charge in [0.1, 0.15) is 5.69 Å². The van der Waals surface area contributed by atoms with E-state index in [1.807, 2.05) is 0 Å². The SMILES string of the molecule is COc1cc(NC(=O)c2csc(Nc3cnccn3)n2)cc(OC)c1OC. The maximum Gasteiger partial charge on any atom is 0.275 e. The number of benzene rings is 1. The van der Waals surface area contributed by atoms with E-state index in [1.54, 1.807) is 36.1 Å². The highest BCUT2D eigenvalue weighted by molar-refractivity contribution is 7.14. The molecule has 0 radical (unpaired) electrons. The summed E-state index contributed by atoms with van der Waals surface area (Å²) in [5.41, 5.74) is 0.756. The minimum Gasteiger partial charge on any atom is -0.493 e. The number of ether oxygens (including phenoxy) is 3. The number of thiazole rings is 1. The van der Waals surface area contributed by atoms with Gasteiger partial charge in [0.15, 0.2) is 22.4 Å². The summed E-state index contributed by atoms with van der Waals surface area (Å²) in [5.74, 6) is 1.50. The number of aromatic nitrogens is 3. The van der Waals surface area contributed by atoms with Crippen LogP contribution >= 0.6 is 11.3 Å². The summed E-state index contributed by atoms with van der Waals surface area (Å²) in [7, 11) is 4.53. The summed E-state index contributed by atoms with van der Waals surface area (Å²) >= 11 is 1.28. The van der Waals surface area contributed by atoms with Gasteiger partial charge in [-0.3, -0.25) is 9.78 Å². The van der Waals surface area contributed by atoms with E-state index in [0.717, 1.165) is 0 Å². The van der Waals surface area contributed by atoms with E-state index in [9.17, 15) is 4.79 Å². The number of rotatable bonds is 7. The molecule has 0 aliphatic heterocycles. The summed E-state index contributed by atoms with van der Waals surface area (Å²) in [6.07, 6.45) is 4.70. The minimum atomic E-state index is -0.368. The Morgan fingerprint density at radius 3 is 2.41 bits per heavy atom. The fourth-order valence-corrected chi connectivity index (χ4v) is 2.95. The quantitative estimate of drug-likeness (QED) is 0.637. The third-order valence-corrected chi connectivity index (χ3v) is 4.22. The summed E-state index contributed by atoms with van der Waals surface area (Å²) in [4.78, 5) is 24.8. The van der Waals surface area contributed by atoms with Crippen LogP contribution in [0.4, 0.5) is 16.6 Å². The van der Waals surface area contributed by atoms with Crippen molar-refractivity contribution in [2.75, 3.05) is 32.0 Å². The van der Waals surface area contributed by atoms with E-state index >= 15 is 0 Å². The second kappa shape index (κ2) is 8.32. The van der Waals surface area contributed by atoms with Crippen LogP contribution in [0, 0.1) is 0 Å². The summed E-state index contributed by atoms with van der Waals surface area (Å²) in [6, 6.07) is 3.29. The Morgan fingerprint density at radius 2 is 1.81 bits per heavy atom. The van der Waals surface area contributed by atoms with Gasteiger partial charge >= 0.3 is 0 Å². The predicted octanol–water partition coefficient (Wildman–Crippen LogP) is 2.95. The van der Waals surface area contributed by atoms with E-state index in [1.165, 1.54) is 32.7 Å². The van der Waals surface area contributed by atoms with Gasteiger partial charge in [-0.15, -0.1) is 11.3 Å². The van der Waals surface area contributed by atoms with Crippen LogP contribution in [0.2, 0.25) is 0 Å². The van der Waals surface area contributed by atoms with Crippen molar-refractivity contribution in [2.24, 2.45) is 0 Å². The molecule has 0 unspecified atom stereocenters. The number of methoxy groups -OCH3 is 3. The number of nitrogens with zero attached hydrogens (tertiary/aromatic N) is 3. The van der Waals surface area contributed by atoms with Crippen molar-refractivity contribution in [2.45, 2.75) is 0 Å². The van der Waals surface area contributed by atoms with Crippen LogP contribution in [0.1, 0.15) is 10.5 Å². The minimum absolute atomic E-state index is 0.264. The fraction of sp³-hybridized carbons (Fsp3) is 0.176. The van der Waals surface area contributed by atoms with E-state index in [-0.39, 0.29) is 11.6 Å². The molecule has 0 saturated carbocycles. The number of amides is 1. The molecule has 0 bridgehead atoms. The van der Waals surface area contributed by atoms with Crippen molar-refractivity contribution in [3.05, 3.63) is 41.8 Å². The Labute approximate surface area is 159 Å². The van der Waals surface area contributed by atoms with E-state index < -0.39 is 0 Å². The molecule has 0 spiro atoms. The van der Waals surface area contributed by atoms with Crippen LogP contribution in [0.5, 0.6) is 17.2 Å². The van der Waals surface area contributed by atoms with Gasteiger partial charge in [0, 0.05) is 35.6 Å². The van der Waals surface area contributed by atoms with Crippen LogP contribution < -0.4 is 24.8 Å². The smallest absolute Gasteiger partial charge is 0.275 e. The monoisotopic (exact) mass is 387 g/mol. The summed E-state index contributed by atoms with van der Waals surface area (Å²) < 4.78 is 15.8. The molecule has 2 aromatic heterocycles. The van der Waals surface area contributed by atoms with Crippen molar-refractivity contribution in [3.8, 4) is 17.2 Å². The zero-order chi connectivity index (χ0) is 19.2. The van der Waals surface area contributed by atoms with Crippen LogP contribution in [-0.2, 0) is 0 Å². The largest absolute Gasteiger partial charge is 0.493 e. The molecule has 1 amide bonds. The van der Waals surface area contributed by atoms with Crippen molar-refractivity contribution in [1.82, 2.24) is 15.0 Å². The Balaban J connectivity index is 1.76. The van der Waals surface area contributed by atoms with Gasteiger partial charge in [0.2, 0.25) is 5.75 Å². The van der Waals surface area contributed by atoms with E-state index in [4.69, 9.17) is 14.2 Å². The van der Waals surface area contributed by atoms with Gasteiger partial charge in [-0.2, -0.15) is 0 Å². The third kappa shape index (κ3) is 4.23. The number of carbonyl (C=O) groups excluding carboxylic acids is 1. The molecule has 9 nitrogen and oxygen atoms in total. The standard InChI is InChI=1S/C17H17N5O4S/c1-24-12-6-10(7-13(25-2)15(12)26-3)20-16(23)11-9-27-17(21-11)22-14-8-18-4-5-19-14/h4-9H,1-3H3,(H,20,23)(H,19,21,22). The number of hydrogen-bond donors (Lipinski definition) is 2. The molecule has 0 fully saturated rings. The van der Waals surface area contributed by atoms with Crippen LogP contribution in [0.15, 0.2) is 36.1 Å². The molecule has 0 atom stereocenters. The maximum absolute atomic E-state index is 12.5. The zero-order valence-electron chi connectivity index (χ0n) is 14.8. The first-order valence-electron chi connectivity index (χ1n) is 7.74. The molecule has 0 aliphatic carbocycles. The normalized spacial score (nSPS) is 10.2. The van der Waals surface area contributed by atoms with E-state index in [0.29, 0.717) is 33.9 Å². The van der Waals surface area contributed by atoms with Crippen molar-refractivity contribution < 1.29 is 19.0 Å². The van der Waals surface area contributed by atoms with Crippen LogP contribution in [0.3, 0.4) is 0 Å². The molecule has 3 aromatic rings. The highest BCUT2D eigenvalue weighted by Gasteiger charge is 2.16. The molecule has 2 heterocycles. The fourth-order valence-electron chi connectivity index (χ4n) is 2.26. The summed E-state index contributed by atoms with van der Waals surface area (Å²) in [5, 5.41) is 7.94. The van der Waals surface area contributed by atoms with E-state index in [2.05, 4.69) is 25.6 Å². The molecular formula is C17H17N5O4S. The van der Waals surface area contributed by atoms with Crippen molar-refractivity contribution in [1.29, 1.82) is 0 Å². The lowest BCUT2D eigenvalue weighted by molar-refractivity contribution is 0.102. The third-order valence-electron chi connectivity index (χ3n) is 3.46. The van der Waals surface area contributed by atoms with Gasteiger partial charge in [-0.05, 0) is 0 Å². The topological polar surface area (TPSA) is 107 Å². The molecule has 2 N–H and O–H groups in total. The van der Waals surface area contributed by atoms with Gasteiger partial charge < -0.3 is 24.8 Å². The Kier molecular flexibility index (Phi) is 5.67. The van der Waals surface area contributed by atoms with Crippen LogP contribution in [-0.4, -0.2) is 42.2 Å². The zero-order valence-corrected chi connectivity index (χ0v) is 15.7. The molecule has 10 heteroatoms. The lowest BCUT2D eigenvalue weighted by Crippen LogP contribution is -2.12. The van der Waals surface area contributed by atoms with Gasteiger partial charge in [-0.25, -0.2) is 9.97 Å². The second-order valence-corrected chi connectivity index (χ2v) is 5.98. The second-order valence-electron chi connectivity index (χ2n) is 5.12. The number of hydrogen-bond acceptors (Lipinski definition) is 9. The molecular weight excluding hydrogens is 370 g/mol. The molecule has 3 rings (SSSR count). The molecule has 1 aromatic carbocycles. The van der Waals surface area contributed by atoms with Crippen molar-refractivity contribution >= 4 is 33.9 Å². The Morgan fingerprint density at radius 1 is 1.07 bits per heavy atom. The van der Waals surface area contributed by atoms with Crippen molar-refractivity contribution in [3.63, 3.8) is 0 Å². The molecule has 0 aliphatic rings. The average molecular weight is 387 g/mol. The summed E-state index contributed by atoms with van der Waals surface area (Å²) in [6.45, 7) is 0. The molecule has 27 heavy (non-hydrogen) atoms. The first kappa shape index (κ1) is 18.4. The first-order valence-corrected chi connectivity index (χ1v) is 8.62. The number of anilines is 3. The Hall–Kier alpha value is -3.40. The van der Waals surface area contributed by atoms with Gasteiger partial charge in [0.25, 0.3) is 5.91 Å². The highest BCUT2D eigenvalue weighted by Crippen LogP contribution is 2.40. The predicted molar refractivity (Wildman–Crippen MR) is 101 cm³/mol. The van der Waals surface area contributed by atoms with Gasteiger partial charge in [0.05, 0.1) is 27.5 Å².